The molecule has 3 N–H and O–H groups in total. The molecule has 5 amide bonds. The first-order chi connectivity index (χ1) is 16.5. The van der Waals surface area contributed by atoms with E-state index in [1.165, 1.54) is 11.6 Å². The Bertz CT molecular complexity index is 1040. The van der Waals surface area contributed by atoms with Gasteiger partial charge in [0.2, 0.25) is 5.91 Å². The third kappa shape index (κ3) is 7.28. The van der Waals surface area contributed by atoms with Gasteiger partial charge in [-0.1, -0.05) is 42.5 Å². The molecule has 3 rings (SSSR count). The third-order valence-corrected chi connectivity index (χ3v) is 5.46. The number of rotatable bonds is 9. The highest BCUT2D eigenvalue weighted by Crippen LogP contribution is 2.13. The Kier molecular flexibility index (Phi) is 8.93. The lowest BCUT2D eigenvalue weighted by Crippen LogP contribution is -2.43. The highest BCUT2D eigenvalue weighted by atomic mass is 16.5. The summed E-state index contributed by atoms with van der Waals surface area (Å²) in [7, 11) is 0. The van der Waals surface area contributed by atoms with Crippen LogP contribution >= 0.6 is 0 Å². The third-order valence-electron chi connectivity index (χ3n) is 5.46. The molecule has 0 aromatic heterocycles. The molecule has 1 fully saturated rings. The molecule has 0 atom stereocenters. The summed E-state index contributed by atoms with van der Waals surface area (Å²) in [5, 5.41) is 11.0. The van der Waals surface area contributed by atoms with Gasteiger partial charge in [-0.3, -0.25) is 24.9 Å². The molecule has 0 unspecified atom stereocenters. The first kappa shape index (κ1) is 24.7. The van der Waals surface area contributed by atoms with Crippen LogP contribution in [0.2, 0.25) is 0 Å². The Balaban J connectivity index is 1.65. The van der Waals surface area contributed by atoms with Crippen molar-refractivity contribution in [3.8, 4) is 0 Å². The zero-order valence-electron chi connectivity index (χ0n) is 18.8. The second-order valence-corrected chi connectivity index (χ2v) is 7.94. The van der Waals surface area contributed by atoms with Gasteiger partial charge in [0, 0.05) is 44.2 Å². The van der Waals surface area contributed by atoms with Gasteiger partial charge in [-0.25, -0.2) is 10.3 Å². The number of benzene rings is 2. The molecular weight excluding hydrogens is 436 g/mol. The van der Waals surface area contributed by atoms with E-state index in [9.17, 15) is 19.2 Å². The summed E-state index contributed by atoms with van der Waals surface area (Å²) in [6.45, 7) is 1.94. The topological polar surface area (TPSA) is 119 Å². The highest BCUT2D eigenvalue weighted by Gasteiger charge is 2.21. The van der Waals surface area contributed by atoms with E-state index in [0.717, 1.165) is 24.1 Å². The molecule has 178 valence electrons. The van der Waals surface area contributed by atoms with Crippen molar-refractivity contribution >= 4 is 29.8 Å². The van der Waals surface area contributed by atoms with Crippen molar-refractivity contribution in [2.24, 2.45) is 0 Å². The summed E-state index contributed by atoms with van der Waals surface area (Å²) >= 11 is 0. The standard InChI is InChI=1S/C25H28N4O5/c30-22(27-34)14-13-19-9-11-20(12-10-19)18-29(17-5-16-28-15-4-8-23(28)31)25(33)26-24(32)21-6-2-1-3-7-21/h1-3,6-7,9-14,34H,4-5,8,15-18H2,(H,27,30)(H,26,32,33)/b14-13+. The van der Waals surface area contributed by atoms with Gasteiger partial charge < -0.3 is 9.80 Å². The van der Waals surface area contributed by atoms with Gasteiger partial charge in [0.15, 0.2) is 0 Å². The van der Waals surface area contributed by atoms with E-state index in [1.807, 2.05) is 12.1 Å². The largest absolute Gasteiger partial charge is 0.343 e. The van der Waals surface area contributed by atoms with E-state index < -0.39 is 17.8 Å². The van der Waals surface area contributed by atoms with Gasteiger partial charge >= 0.3 is 6.03 Å². The van der Waals surface area contributed by atoms with Crippen LogP contribution in [-0.2, 0) is 16.1 Å². The molecule has 9 heteroatoms. The van der Waals surface area contributed by atoms with Crippen molar-refractivity contribution in [3.63, 3.8) is 0 Å². The van der Waals surface area contributed by atoms with E-state index in [4.69, 9.17) is 5.21 Å². The van der Waals surface area contributed by atoms with E-state index in [0.29, 0.717) is 31.5 Å². The van der Waals surface area contributed by atoms with E-state index in [2.05, 4.69) is 5.32 Å². The number of carbonyl (C=O) groups is 4. The maximum atomic E-state index is 12.9. The number of hydrogen-bond donors (Lipinski definition) is 3. The molecule has 0 spiro atoms. The van der Waals surface area contributed by atoms with Crippen molar-refractivity contribution in [2.45, 2.75) is 25.8 Å². The predicted octanol–water partition coefficient (Wildman–Crippen LogP) is 2.57. The molecular formula is C25H28N4O5. The number of likely N-dealkylation sites (tertiary alicyclic amines) is 1. The maximum absolute atomic E-state index is 12.9. The first-order valence-electron chi connectivity index (χ1n) is 11.1. The minimum Gasteiger partial charge on any atom is -0.343 e. The Labute approximate surface area is 198 Å². The molecule has 1 heterocycles. The number of urea groups is 1. The number of nitrogens with one attached hydrogen (secondary N) is 2. The molecule has 2 aromatic carbocycles. The van der Waals surface area contributed by atoms with Crippen molar-refractivity contribution in [2.75, 3.05) is 19.6 Å². The van der Waals surface area contributed by atoms with E-state index >= 15 is 0 Å². The lowest BCUT2D eigenvalue weighted by atomic mass is 10.1. The maximum Gasteiger partial charge on any atom is 0.324 e. The van der Waals surface area contributed by atoms with Gasteiger partial charge in [0.25, 0.3) is 11.8 Å². The van der Waals surface area contributed by atoms with Crippen molar-refractivity contribution in [3.05, 3.63) is 77.4 Å². The smallest absolute Gasteiger partial charge is 0.324 e. The lowest BCUT2D eigenvalue weighted by molar-refractivity contribution is -0.127. The number of imide groups is 1. The number of nitrogens with zero attached hydrogens (tertiary/aromatic N) is 2. The van der Waals surface area contributed by atoms with Crippen molar-refractivity contribution < 1.29 is 24.4 Å². The minimum atomic E-state index is -0.633. The highest BCUT2D eigenvalue weighted by molar-refractivity contribution is 6.04. The summed E-state index contributed by atoms with van der Waals surface area (Å²) in [4.78, 5) is 51.7. The fourth-order valence-corrected chi connectivity index (χ4v) is 3.65. The van der Waals surface area contributed by atoms with E-state index in [1.54, 1.807) is 58.3 Å². The van der Waals surface area contributed by atoms with Crippen LogP contribution in [0.25, 0.3) is 6.08 Å². The average Bonchev–Trinajstić information content (AvgIpc) is 3.27. The normalized spacial score (nSPS) is 13.2. The van der Waals surface area contributed by atoms with Crippen LogP contribution in [0.5, 0.6) is 0 Å². The predicted molar refractivity (Wildman–Crippen MR) is 126 cm³/mol. The minimum absolute atomic E-state index is 0.133. The van der Waals surface area contributed by atoms with Gasteiger partial charge in [-0.15, -0.1) is 0 Å². The summed E-state index contributed by atoms with van der Waals surface area (Å²) < 4.78 is 0. The fourth-order valence-electron chi connectivity index (χ4n) is 3.65. The van der Waals surface area contributed by atoms with Gasteiger partial charge in [-0.05, 0) is 42.2 Å². The molecule has 0 bridgehead atoms. The van der Waals surface area contributed by atoms with Crippen LogP contribution in [-0.4, -0.2) is 58.4 Å². The Morgan fingerprint density at radius 2 is 1.79 bits per heavy atom. The van der Waals surface area contributed by atoms with Crippen molar-refractivity contribution in [1.82, 2.24) is 20.6 Å². The Hall–Kier alpha value is -3.98. The van der Waals surface area contributed by atoms with Gasteiger partial charge in [0.05, 0.1) is 0 Å². The molecule has 1 saturated heterocycles. The second-order valence-electron chi connectivity index (χ2n) is 7.94. The average molecular weight is 465 g/mol. The number of carbonyl (C=O) groups excluding carboxylic acids is 4. The van der Waals surface area contributed by atoms with Crippen LogP contribution in [0.4, 0.5) is 4.79 Å². The van der Waals surface area contributed by atoms with Crippen LogP contribution in [0.3, 0.4) is 0 Å². The van der Waals surface area contributed by atoms with E-state index in [-0.39, 0.29) is 12.5 Å². The van der Waals surface area contributed by atoms with Gasteiger partial charge in [-0.2, -0.15) is 0 Å². The second kappa shape index (κ2) is 12.3. The summed E-state index contributed by atoms with van der Waals surface area (Å²) in [5.41, 5.74) is 3.50. The summed E-state index contributed by atoms with van der Waals surface area (Å²) in [6.07, 6.45) is 4.76. The molecule has 2 aromatic rings. The van der Waals surface area contributed by atoms with Crippen molar-refractivity contribution in [1.29, 1.82) is 0 Å². The quantitative estimate of drug-likeness (QED) is 0.299. The molecule has 0 saturated carbocycles. The van der Waals surface area contributed by atoms with Crippen LogP contribution in [0.15, 0.2) is 60.7 Å². The SMILES string of the molecule is O=C(/C=C/c1ccc(CN(CCCN2CCCC2=O)C(=O)NC(=O)c2ccccc2)cc1)NO. The molecule has 1 aliphatic rings. The summed E-state index contributed by atoms with van der Waals surface area (Å²) in [5.74, 6) is -0.978. The van der Waals surface area contributed by atoms with Crippen LogP contribution < -0.4 is 10.8 Å². The monoisotopic (exact) mass is 464 g/mol. The number of hydrogen-bond acceptors (Lipinski definition) is 5. The number of amides is 5. The molecule has 0 aliphatic carbocycles. The molecule has 9 nitrogen and oxygen atoms in total. The lowest BCUT2D eigenvalue weighted by Gasteiger charge is -2.24. The Morgan fingerprint density at radius 3 is 2.44 bits per heavy atom. The van der Waals surface area contributed by atoms with Crippen LogP contribution in [0, 0.1) is 0 Å². The summed E-state index contributed by atoms with van der Waals surface area (Å²) in [6, 6.07) is 15.2. The zero-order chi connectivity index (χ0) is 24.3. The Morgan fingerprint density at radius 1 is 1.06 bits per heavy atom. The zero-order valence-corrected chi connectivity index (χ0v) is 18.8. The first-order valence-corrected chi connectivity index (χ1v) is 11.1. The fraction of sp³-hybridized carbons (Fsp3) is 0.280. The molecule has 34 heavy (non-hydrogen) atoms. The van der Waals surface area contributed by atoms with Gasteiger partial charge in [0.1, 0.15) is 0 Å². The molecule has 0 radical (unpaired) electrons. The number of hydroxylamine groups is 1. The molecule has 1 aliphatic heterocycles. The van der Waals surface area contributed by atoms with Crippen LogP contribution in [0.1, 0.15) is 40.7 Å².